The van der Waals surface area contributed by atoms with Crippen LogP contribution in [0.25, 0.3) is 0 Å². The summed E-state index contributed by atoms with van der Waals surface area (Å²) in [5.41, 5.74) is 3.17. The van der Waals surface area contributed by atoms with Gasteiger partial charge in [0, 0.05) is 29.1 Å². The van der Waals surface area contributed by atoms with Gasteiger partial charge in [0.05, 0.1) is 13.3 Å². The summed E-state index contributed by atoms with van der Waals surface area (Å²) in [5.74, 6) is 0.0192. The number of thiophene rings is 1. The molecule has 0 unspecified atom stereocenters. The second-order valence-electron chi connectivity index (χ2n) is 5.58. The fourth-order valence-corrected chi connectivity index (χ4v) is 3.94. The molecule has 5 heteroatoms. The van der Waals surface area contributed by atoms with E-state index < -0.39 is 0 Å². The Balaban J connectivity index is 1.99. The first-order chi connectivity index (χ1) is 10.6. The Morgan fingerprint density at radius 1 is 1.27 bits per heavy atom. The van der Waals surface area contributed by atoms with Gasteiger partial charge in [-0.3, -0.25) is 14.6 Å². The highest BCUT2D eigenvalue weighted by atomic mass is 32.1. The maximum Gasteiger partial charge on any atom is 0.260 e. The van der Waals surface area contributed by atoms with E-state index in [1.165, 1.54) is 16.0 Å². The zero-order valence-corrected chi connectivity index (χ0v) is 13.7. The fourth-order valence-electron chi connectivity index (χ4n) is 2.78. The molecule has 0 spiro atoms. The third kappa shape index (κ3) is 2.67. The summed E-state index contributed by atoms with van der Waals surface area (Å²) in [6.45, 7) is 6.21. The molecule has 4 nitrogen and oxygen atoms in total. The van der Waals surface area contributed by atoms with Crippen LogP contribution in [0.3, 0.4) is 0 Å². The van der Waals surface area contributed by atoms with Gasteiger partial charge < -0.3 is 5.11 Å². The predicted octanol–water partition coefficient (Wildman–Crippen LogP) is 2.78. The monoisotopic (exact) mass is 316 g/mol. The van der Waals surface area contributed by atoms with E-state index >= 15 is 0 Å². The number of benzene rings is 1. The van der Waals surface area contributed by atoms with Gasteiger partial charge in [-0.25, -0.2) is 0 Å². The first-order valence-electron chi connectivity index (χ1n) is 7.40. The van der Waals surface area contributed by atoms with Gasteiger partial charge in [-0.15, -0.1) is 11.3 Å². The van der Waals surface area contributed by atoms with E-state index in [4.69, 9.17) is 0 Å². The van der Waals surface area contributed by atoms with Crippen LogP contribution in [-0.4, -0.2) is 35.7 Å². The number of hydrogen-bond acceptors (Lipinski definition) is 4. The molecule has 1 aromatic heterocycles. The van der Waals surface area contributed by atoms with E-state index in [0.29, 0.717) is 18.8 Å². The van der Waals surface area contributed by atoms with Crippen LogP contribution in [0.15, 0.2) is 30.3 Å². The predicted molar refractivity (Wildman–Crippen MR) is 89.4 cm³/mol. The molecule has 2 aromatic rings. The van der Waals surface area contributed by atoms with Crippen molar-refractivity contribution in [3.05, 3.63) is 51.9 Å². The Kier molecular flexibility index (Phi) is 4.29. The van der Waals surface area contributed by atoms with Crippen molar-refractivity contribution in [3.63, 3.8) is 0 Å². The molecule has 1 aromatic carbocycles. The summed E-state index contributed by atoms with van der Waals surface area (Å²) in [5, 5.41) is 10.3. The Morgan fingerprint density at radius 2 is 2.00 bits per heavy atom. The highest BCUT2D eigenvalue weighted by Crippen LogP contribution is 2.39. The molecule has 0 saturated heterocycles. The number of aliphatic hydroxyl groups is 1. The van der Waals surface area contributed by atoms with Crippen molar-refractivity contribution in [2.45, 2.75) is 20.4 Å². The summed E-state index contributed by atoms with van der Waals surface area (Å²) >= 11 is 1.68. The highest BCUT2D eigenvalue weighted by Gasteiger charge is 2.30. The van der Waals surface area contributed by atoms with Crippen LogP contribution in [-0.2, 0) is 6.54 Å². The molecule has 1 aliphatic rings. The van der Waals surface area contributed by atoms with Crippen LogP contribution in [0.5, 0.6) is 0 Å². The molecule has 0 radical (unpaired) electrons. The largest absolute Gasteiger partial charge is 0.395 e. The molecule has 0 aliphatic carbocycles. The normalized spacial score (nSPS) is 15.0. The van der Waals surface area contributed by atoms with Gasteiger partial charge in [0.15, 0.2) is 0 Å². The molecule has 22 heavy (non-hydrogen) atoms. The molecular formula is C17H20N2O2S. The third-order valence-corrected chi connectivity index (χ3v) is 5.41. The van der Waals surface area contributed by atoms with Crippen molar-refractivity contribution in [2.24, 2.45) is 0 Å². The number of aliphatic hydroxyl groups excluding tert-OH is 1. The molecule has 2 heterocycles. The second-order valence-corrected chi connectivity index (χ2v) is 6.79. The number of hydrogen-bond donors (Lipinski definition) is 1. The Hall–Kier alpha value is -1.69. The summed E-state index contributed by atoms with van der Waals surface area (Å²) < 4.78 is 0. The topological polar surface area (TPSA) is 43.8 Å². The number of rotatable bonds is 3. The quantitative estimate of drug-likeness (QED) is 0.947. The second kappa shape index (κ2) is 6.20. The number of amides is 1. The van der Waals surface area contributed by atoms with Gasteiger partial charge in [-0.2, -0.15) is 0 Å². The fraction of sp³-hybridized carbons (Fsp3) is 0.353. The van der Waals surface area contributed by atoms with Gasteiger partial charge in [0.1, 0.15) is 5.00 Å². The van der Waals surface area contributed by atoms with E-state index in [1.807, 2.05) is 35.2 Å². The minimum absolute atomic E-state index is 0.0192. The first-order valence-corrected chi connectivity index (χ1v) is 8.22. The van der Waals surface area contributed by atoms with Crippen LogP contribution in [0.4, 0.5) is 5.00 Å². The lowest BCUT2D eigenvalue weighted by Crippen LogP contribution is -2.45. The molecule has 0 saturated carbocycles. The molecule has 1 amide bonds. The Bertz CT molecular complexity index is 681. The van der Waals surface area contributed by atoms with Crippen LogP contribution >= 0.6 is 11.3 Å². The van der Waals surface area contributed by atoms with E-state index in [1.54, 1.807) is 11.3 Å². The first kappa shape index (κ1) is 15.2. The van der Waals surface area contributed by atoms with Gasteiger partial charge in [-0.05, 0) is 31.5 Å². The zero-order chi connectivity index (χ0) is 15.7. The molecular weight excluding hydrogens is 296 g/mol. The van der Waals surface area contributed by atoms with Crippen molar-refractivity contribution in [1.29, 1.82) is 0 Å². The zero-order valence-electron chi connectivity index (χ0n) is 12.9. The number of anilines is 1. The van der Waals surface area contributed by atoms with Gasteiger partial charge in [0.2, 0.25) is 0 Å². The average molecular weight is 316 g/mol. The standard InChI is InChI=1S/C17H20N2O2S/c1-12-13(2)22-17-15(12)10-18(8-9-20)11-19(17)16(21)14-6-4-3-5-7-14/h3-7,20H,8-11H2,1-2H3. The molecule has 0 bridgehead atoms. The summed E-state index contributed by atoms with van der Waals surface area (Å²) in [6.07, 6.45) is 0. The molecule has 3 rings (SSSR count). The van der Waals surface area contributed by atoms with Crippen LogP contribution in [0, 0.1) is 13.8 Å². The van der Waals surface area contributed by atoms with Crippen molar-refractivity contribution in [2.75, 3.05) is 24.7 Å². The maximum absolute atomic E-state index is 12.9. The minimum atomic E-state index is 0.0192. The van der Waals surface area contributed by atoms with Crippen molar-refractivity contribution < 1.29 is 9.90 Å². The third-order valence-electron chi connectivity index (χ3n) is 4.14. The van der Waals surface area contributed by atoms with Crippen molar-refractivity contribution in [1.82, 2.24) is 4.90 Å². The number of β-amino-alcohol motifs (C(OH)–C–C–N with tert-alkyl or cyclic N) is 1. The van der Waals surface area contributed by atoms with Crippen molar-refractivity contribution >= 4 is 22.2 Å². The lowest BCUT2D eigenvalue weighted by molar-refractivity contribution is 0.0950. The number of fused-ring (bicyclic) bond motifs is 1. The summed E-state index contributed by atoms with van der Waals surface area (Å²) in [6, 6.07) is 9.37. The number of carbonyl (C=O) groups is 1. The van der Waals surface area contributed by atoms with E-state index in [0.717, 1.165) is 11.5 Å². The van der Waals surface area contributed by atoms with E-state index in [2.05, 4.69) is 18.7 Å². The summed E-state index contributed by atoms with van der Waals surface area (Å²) in [4.78, 5) is 18.1. The number of carbonyl (C=O) groups excluding carboxylic acids is 1. The number of aryl methyl sites for hydroxylation is 1. The molecule has 116 valence electrons. The maximum atomic E-state index is 12.9. The minimum Gasteiger partial charge on any atom is -0.395 e. The number of nitrogens with zero attached hydrogens (tertiary/aromatic N) is 2. The van der Waals surface area contributed by atoms with Crippen LogP contribution in [0.2, 0.25) is 0 Å². The molecule has 0 fully saturated rings. The van der Waals surface area contributed by atoms with Gasteiger partial charge in [-0.1, -0.05) is 18.2 Å². The van der Waals surface area contributed by atoms with Gasteiger partial charge in [0.25, 0.3) is 5.91 Å². The van der Waals surface area contributed by atoms with Gasteiger partial charge >= 0.3 is 0 Å². The molecule has 1 aliphatic heterocycles. The van der Waals surface area contributed by atoms with Crippen molar-refractivity contribution in [3.8, 4) is 0 Å². The average Bonchev–Trinajstić information content (AvgIpc) is 2.83. The smallest absolute Gasteiger partial charge is 0.260 e. The summed E-state index contributed by atoms with van der Waals surface area (Å²) in [7, 11) is 0. The molecule has 0 atom stereocenters. The van der Waals surface area contributed by atoms with Crippen LogP contribution in [0.1, 0.15) is 26.4 Å². The Morgan fingerprint density at radius 3 is 2.68 bits per heavy atom. The SMILES string of the molecule is Cc1sc2c(c1C)CN(CCO)CN2C(=O)c1ccccc1. The van der Waals surface area contributed by atoms with Crippen LogP contribution < -0.4 is 4.90 Å². The highest BCUT2D eigenvalue weighted by molar-refractivity contribution is 7.16. The lowest BCUT2D eigenvalue weighted by Gasteiger charge is -2.35. The van der Waals surface area contributed by atoms with E-state index in [-0.39, 0.29) is 12.5 Å². The lowest BCUT2D eigenvalue weighted by atomic mass is 10.1. The van der Waals surface area contributed by atoms with E-state index in [9.17, 15) is 9.90 Å². The molecule has 1 N–H and O–H groups in total. The Labute approximate surface area is 134 Å².